The Morgan fingerprint density at radius 1 is 1.14 bits per heavy atom. The maximum Gasteiger partial charge on any atom is 0.194 e. The molecule has 2 aromatic rings. The van der Waals surface area contributed by atoms with Gasteiger partial charge in [0, 0.05) is 12.0 Å². The quantitative estimate of drug-likeness (QED) is 0.859. The number of aliphatic hydroxyl groups excluding tert-OH is 1. The van der Waals surface area contributed by atoms with Crippen molar-refractivity contribution in [1.29, 1.82) is 0 Å². The van der Waals surface area contributed by atoms with Gasteiger partial charge in [0.2, 0.25) is 0 Å². The van der Waals surface area contributed by atoms with Crippen molar-refractivity contribution in [1.82, 2.24) is 0 Å². The SMILES string of the molecule is CC1Cc2cc(C(O)c3ccc(F)c(F)c3F)ccc2O1. The smallest absolute Gasteiger partial charge is 0.194 e. The van der Waals surface area contributed by atoms with Gasteiger partial charge in [-0.15, -0.1) is 0 Å². The van der Waals surface area contributed by atoms with Gasteiger partial charge in [0.25, 0.3) is 0 Å². The molecule has 1 aliphatic rings. The van der Waals surface area contributed by atoms with Crippen LogP contribution in [0.2, 0.25) is 0 Å². The molecule has 2 aromatic carbocycles. The maximum atomic E-state index is 13.7. The highest BCUT2D eigenvalue weighted by Gasteiger charge is 2.24. The molecule has 21 heavy (non-hydrogen) atoms. The Bertz CT molecular complexity index is 700. The summed E-state index contributed by atoms with van der Waals surface area (Å²) in [7, 11) is 0. The second-order valence-electron chi connectivity index (χ2n) is 5.17. The van der Waals surface area contributed by atoms with E-state index in [1.54, 1.807) is 18.2 Å². The molecule has 0 spiro atoms. The van der Waals surface area contributed by atoms with Crippen molar-refractivity contribution in [3.63, 3.8) is 0 Å². The van der Waals surface area contributed by atoms with Crippen LogP contribution in [0.25, 0.3) is 0 Å². The fourth-order valence-corrected chi connectivity index (χ4v) is 2.54. The normalized spacial score (nSPS) is 18.2. The van der Waals surface area contributed by atoms with Gasteiger partial charge in [0.1, 0.15) is 18.0 Å². The summed E-state index contributed by atoms with van der Waals surface area (Å²) >= 11 is 0. The Morgan fingerprint density at radius 2 is 1.90 bits per heavy atom. The standard InChI is InChI=1S/C16H13F3O2/c1-8-6-10-7-9(2-5-13(10)21-8)16(20)11-3-4-12(17)15(19)14(11)18/h2-5,7-8,16,20H,6H2,1H3. The third kappa shape index (κ3) is 2.38. The molecule has 3 rings (SSSR count). The highest BCUT2D eigenvalue weighted by atomic mass is 19.2. The van der Waals surface area contributed by atoms with Crippen molar-refractivity contribution in [2.75, 3.05) is 0 Å². The highest BCUT2D eigenvalue weighted by molar-refractivity contribution is 5.43. The number of hydrogen-bond donors (Lipinski definition) is 1. The van der Waals surface area contributed by atoms with Gasteiger partial charge < -0.3 is 9.84 Å². The van der Waals surface area contributed by atoms with E-state index in [0.717, 1.165) is 23.4 Å². The lowest BCUT2D eigenvalue weighted by atomic mass is 9.98. The number of hydrogen-bond acceptors (Lipinski definition) is 2. The van der Waals surface area contributed by atoms with Crippen LogP contribution in [-0.2, 0) is 6.42 Å². The average Bonchev–Trinajstić information content (AvgIpc) is 2.83. The van der Waals surface area contributed by atoms with Crippen LogP contribution in [0.5, 0.6) is 5.75 Å². The zero-order valence-electron chi connectivity index (χ0n) is 11.2. The molecule has 1 aliphatic heterocycles. The molecular formula is C16H13F3O2. The number of ether oxygens (including phenoxy) is 1. The molecule has 0 fully saturated rings. The van der Waals surface area contributed by atoms with E-state index < -0.39 is 23.6 Å². The second-order valence-corrected chi connectivity index (χ2v) is 5.17. The van der Waals surface area contributed by atoms with E-state index in [1.165, 1.54) is 0 Å². The van der Waals surface area contributed by atoms with Crippen LogP contribution in [0.4, 0.5) is 13.2 Å². The fraction of sp³-hybridized carbons (Fsp3) is 0.250. The average molecular weight is 294 g/mol. The zero-order valence-corrected chi connectivity index (χ0v) is 11.2. The zero-order chi connectivity index (χ0) is 15.1. The van der Waals surface area contributed by atoms with Gasteiger partial charge in [-0.05, 0) is 36.2 Å². The first-order valence-electron chi connectivity index (χ1n) is 6.58. The predicted molar refractivity (Wildman–Crippen MR) is 70.6 cm³/mol. The molecule has 0 aliphatic carbocycles. The van der Waals surface area contributed by atoms with Crippen molar-refractivity contribution < 1.29 is 23.0 Å². The van der Waals surface area contributed by atoms with E-state index in [1.807, 2.05) is 6.92 Å². The molecule has 0 radical (unpaired) electrons. The third-order valence-electron chi connectivity index (χ3n) is 3.60. The third-order valence-corrected chi connectivity index (χ3v) is 3.60. The van der Waals surface area contributed by atoms with E-state index in [4.69, 9.17) is 4.74 Å². The van der Waals surface area contributed by atoms with Crippen LogP contribution < -0.4 is 4.74 Å². The lowest BCUT2D eigenvalue weighted by Gasteiger charge is -2.14. The van der Waals surface area contributed by atoms with Crippen molar-refractivity contribution in [3.8, 4) is 5.75 Å². The molecule has 1 heterocycles. The second kappa shape index (κ2) is 5.07. The number of benzene rings is 2. The summed E-state index contributed by atoms with van der Waals surface area (Å²) < 4.78 is 45.5. The topological polar surface area (TPSA) is 29.5 Å². The molecule has 2 atom stereocenters. The summed E-state index contributed by atoms with van der Waals surface area (Å²) in [5.41, 5.74) is 1.03. The molecule has 2 nitrogen and oxygen atoms in total. The Labute approximate surface area is 119 Å². The summed E-state index contributed by atoms with van der Waals surface area (Å²) in [6, 6.07) is 6.82. The Balaban J connectivity index is 1.98. The monoisotopic (exact) mass is 294 g/mol. The minimum atomic E-state index is -1.58. The fourth-order valence-electron chi connectivity index (χ4n) is 2.54. The molecule has 0 bridgehead atoms. The molecular weight excluding hydrogens is 281 g/mol. The molecule has 0 saturated carbocycles. The lowest BCUT2D eigenvalue weighted by Crippen LogP contribution is -2.06. The van der Waals surface area contributed by atoms with Crippen molar-refractivity contribution in [3.05, 3.63) is 64.5 Å². The minimum absolute atomic E-state index is 0.0485. The molecule has 1 N–H and O–H groups in total. The molecule has 0 amide bonds. The summed E-state index contributed by atoms with van der Waals surface area (Å²) in [5.74, 6) is -3.50. The highest BCUT2D eigenvalue weighted by Crippen LogP contribution is 2.33. The van der Waals surface area contributed by atoms with E-state index >= 15 is 0 Å². The van der Waals surface area contributed by atoms with Crippen molar-refractivity contribution in [2.24, 2.45) is 0 Å². The maximum absolute atomic E-state index is 13.7. The predicted octanol–water partition coefficient (Wildman–Crippen LogP) is 3.51. The molecule has 2 unspecified atom stereocenters. The summed E-state index contributed by atoms with van der Waals surface area (Å²) in [6.07, 6.45) is -0.621. The number of rotatable bonds is 2. The van der Waals surface area contributed by atoms with Gasteiger partial charge in [-0.3, -0.25) is 0 Å². The van der Waals surface area contributed by atoms with E-state index in [9.17, 15) is 18.3 Å². The van der Waals surface area contributed by atoms with Crippen molar-refractivity contribution in [2.45, 2.75) is 25.6 Å². The van der Waals surface area contributed by atoms with Gasteiger partial charge in [-0.25, -0.2) is 13.2 Å². The van der Waals surface area contributed by atoms with Gasteiger partial charge in [-0.1, -0.05) is 12.1 Å². The minimum Gasteiger partial charge on any atom is -0.490 e. The largest absolute Gasteiger partial charge is 0.490 e. The number of fused-ring (bicyclic) bond motifs is 1. The van der Waals surface area contributed by atoms with E-state index in [0.29, 0.717) is 12.0 Å². The van der Waals surface area contributed by atoms with Gasteiger partial charge in [0.05, 0.1) is 0 Å². The van der Waals surface area contributed by atoms with Crippen molar-refractivity contribution >= 4 is 0 Å². The Kier molecular flexibility index (Phi) is 3.37. The summed E-state index contributed by atoms with van der Waals surface area (Å²) in [6.45, 7) is 1.92. The van der Waals surface area contributed by atoms with E-state index in [-0.39, 0.29) is 11.7 Å². The van der Waals surface area contributed by atoms with Gasteiger partial charge >= 0.3 is 0 Å². The van der Waals surface area contributed by atoms with Crippen LogP contribution in [0.3, 0.4) is 0 Å². The van der Waals surface area contributed by atoms with Gasteiger partial charge in [-0.2, -0.15) is 0 Å². The van der Waals surface area contributed by atoms with E-state index in [2.05, 4.69) is 0 Å². The van der Waals surface area contributed by atoms with Crippen LogP contribution in [0.15, 0.2) is 30.3 Å². The molecule has 110 valence electrons. The first-order valence-corrected chi connectivity index (χ1v) is 6.58. The summed E-state index contributed by atoms with van der Waals surface area (Å²) in [4.78, 5) is 0. The van der Waals surface area contributed by atoms with Crippen LogP contribution in [0, 0.1) is 17.5 Å². The number of halogens is 3. The molecule has 0 aromatic heterocycles. The number of aliphatic hydroxyl groups is 1. The first kappa shape index (κ1) is 13.9. The van der Waals surface area contributed by atoms with Crippen LogP contribution >= 0.6 is 0 Å². The Morgan fingerprint density at radius 3 is 2.67 bits per heavy atom. The molecule has 5 heteroatoms. The van der Waals surface area contributed by atoms with Gasteiger partial charge in [0.15, 0.2) is 17.5 Å². The summed E-state index contributed by atoms with van der Waals surface area (Å²) in [5, 5.41) is 10.2. The molecule has 0 saturated heterocycles. The first-order chi connectivity index (χ1) is 9.97. The van der Waals surface area contributed by atoms with Crippen LogP contribution in [0.1, 0.15) is 29.7 Å². The Hall–Kier alpha value is -2.01. The van der Waals surface area contributed by atoms with Crippen LogP contribution in [-0.4, -0.2) is 11.2 Å². The lowest BCUT2D eigenvalue weighted by molar-refractivity contribution is 0.212.